The van der Waals surface area contributed by atoms with E-state index in [-0.39, 0.29) is 23.5 Å². The number of fused-ring (bicyclic) bond motifs is 1. The molecular weight excluding hydrogens is 304 g/mol. The van der Waals surface area contributed by atoms with Crippen molar-refractivity contribution in [3.63, 3.8) is 0 Å². The van der Waals surface area contributed by atoms with Crippen LogP contribution in [0.5, 0.6) is 11.5 Å². The molecule has 24 heavy (non-hydrogen) atoms. The number of piperidine rings is 1. The molecule has 0 saturated carbocycles. The van der Waals surface area contributed by atoms with Gasteiger partial charge in [0.1, 0.15) is 17.1 Å². The number of carbonyl (C=O) groups is 1. The van der Waals surface area contributed by atoms with Gasteiger partial charge in [0, 0.05) is 24.0 Å². The van der Waals surface area contributed by atoms with E-state index >= 15 is 0 Å². The highest BCUT2D eigenvalue weighted by Crippen LogP contribution is 2.41. The standard InChI is InChI=1S/C19H28N2O3/c1-19(2)12-16(15-6-5-14(23-4)11-17(15)24-19)20-18(22)13-7-9-21(3)10-8-13/h5-6,11,13,16H,7-10,12H2,1-4H3,(H,20,22). The molecule has 1 saturated heterocycles. The van der Waals surface area contributed by atoms with Crippen molar-refractivity contribution in [2.24, 2.45) is 5.92 Å². The highest BCUT2D eigenvalue weighted by molar-refractivity contribution is 5.79. The summed E-state index contributed by atoms with van der Waals surface area (Å²) in [4.78, 5) is 15.0. The fourth-order valence-corrected chi connectivity index (χ4v) is 3.65. The summed E-state index contributed by atoms with van der Waals surface area (Å²) in [6, 6.07) is 5.82. The molecule has 1 unspecified atom stereocenters. The zero-order chi connectivity index (χ0) is 17.3. The number of hydrogen-bond acceptors (Lipinski definition) is 4. The quantitative estimate of drug-likeness (QED) is 0.925. The summed E-state index contributed by atoms with van der Waals surface area (Å²) in [5.74, 6) is 1.87. The zero-order valence-electron chi connectivity index (χ0n) is 15.1. The number of nitrogens with zero attached hydrogens (tertiary/aromatic N) is 1. The van der Waals surface area contributed by atoms with Crippen molar-refractivity contribution < 1.29 is 14.3 Å². The summed E-state index contributed by atoms with van der Waals surface area (Å²) in [6.45, 7) is 6.10. The van der Waals surface area contributed by atoms with Gasteiger partial charge in [-0.2, -0.15) is 0 Å². The molecule has 1 amide bonds. The summed E-state index contributed by atoms with van der Waals surface area (Å²) in [5, 5.41) is 3.27. The molecule has 3 rings (SSSR count). The normalized spacial score (nSPS) is 23.9. The van der Waals surface area contributed by atoms with Crippen LogP contribution in [-0.4, -0.2) is 43.7 Å². The number of methoxy groups -OCH3 is 1. The van der Waals surface area contributed by atoms with Crippen LogP contribution in [0.15, 0.2) is 18.2 Å². The second-order valence-electron chi connectivity index (χ2n) is 7.61. The monoisotopic (exact) mass is 332 g/mol. The fraction of sp³-hybridized carbons (Fsp3) is 0.632. The van der Waals surface area contributed by atoms with Crippen LogP contribution in [0.1, 0.15) is 44.7 Å². The topological polar surface area (TPSA) is 50.8 Å². The van der Waals surface area contributed by atoms with Crippen molar-refractivity contribution in [3.8, 4) is 11.5 Å². The number of benzene rings is 1. The second kappa shape index (κ2) is 6.63. The lowest BCUT2D eigenvalue weighted by molar-refractivity contribution is -0.127. The Morgan fingerprint density at radius 1 is 1.33 bits per heavy atom. The first kappa shape index (κ1) is 17.1. The average Bonchev–Trinajstić information content (AvgIpc) is 2.53. The predicted octanol–water partition coefficient (Wildman–Crippen LogP) is 2.76. The van der Waals surface area contributed by atoms with Gasteiger partial charge < -0.3 is 19.7 Å². The van der Waals surface area contributed by atoms with Crippen molar-refractivity contribution in [2.45, 2.75) is 44.8 Å². The van der Waals surface area contributed by atoms with Gasteiger partial charge in [0.25, 0.3) is 0 Å². The average molecular weight is 332 g/mol. The Balaban J connectivity index is 1.77. The van der Waals surface area contributed by atoms with E-state index in [2.05, 4.69) is 31.1 Å². The van der Waals surface area contributed by atoms with Crippen LogP contribution in [-0.2, 0) is 4.79 Å². The van der Waals surface area contributed by atoms with Crippen molar-refractivity contribution in [2.75, 3.05) is 27.2 Å². The maximum absolute atomic E-state index is 12.7. The number of likely N-dealkylation sites (tertiary alicyclic amines) is 1. The predicted molar refractivity (Wildman–Crippen MR) is 93.4 cm³/mol. The summed E-state index contributed by atoms with van der Waals surface area (Å²) in [7, 11) is 3.76. The van der Waals surface area contributed by atoms with E-state index in [0.717, 1.165) is 49.4 Å². The minimum atomic E-state index is -0.315. The third-order valence-corrected chi connectivity index (χ3v) is 5.08. The van der Waals surface area contributed by atoms with Gasteiger partial charge >= 0.3 is 0 Å². The molecule has 0 spiro atoms. The molecule has 1 aromatic rings. The highest BCUT2D eigenvalue weighted by Gasteiger charge is 2.36. The number of rotatable bonds is 3. The summed E-state index contributed by atoms with van der Waals surface area (Å²) >= 11 is 0. The van der Waals surface area contributed by atoms with Crippen LogP contribution in [0.3, 0.4) is 0 Å². The van der Waals surface area contributed by atoms with E-state index in [1.807, 2.05) is 18.2 Å². The molecule has 0 aliphatic carbocycles. The molecule has 0 bridgehead atoms. The Morgan fingerprint density at radius 3 is 2.71 bits per heavy atom. The van der Waals surface area contributed by atoms with Gasteiger partial charge in [-0.15, -0.1) is 0 Å². The first-order valence-corrected chi connectivity index (χ1v) is 8.74. The third-order valence-electron chi connectivity index (χ3n) is 5.08. The Kier molecular flexibility index (Phi) is 4.72. The number of ether oxygens (including phenoxy) is 2. The first-order chi connectivity index (χ1) is 11.4. The van der Waals surface area contributed by atoms with Crippen LogP contribution in [0.2, 0.25) is 0 Å². The van der Waals surface area contributed by atoms with Gasteiger partial charge in [-0.25, -0.2) is 0 Å². The van der Waals surface area contributed by atoms with Crippen LogP contribution in [0.4, 0.5) is 0 Å². The lowest BCUT2D eigenvalue weighted by atomic mass is 9.88. The first-order valence-electron chi connectivity index (χ1n) is 8.74. The molecule has 2 aliphatic rings. The third kappa shape index (κ3) is 3.66. The molecule has 0 radical (unpaired) electrons. The van der Waals surface area contributed by atoms with Crippen LogP contribution < -0.4 is 14.8 Å². The minimum Gasteiger partial charge on any atom is -0.497 e. The molecule has 1 atom stereocenters. The largest absolute Gasteiger partial charge is 0.497 e. The van der Waals surface area contributed by atoms with E-state index in [9.17, 15) is 4.79 Å². The van der Waals surface area contributed by atoms with Gasteiger partial charge in [0.15, 0.2) is 0 Å². The van der Waals surface area contributed by atoms with Gasteiger partial charge in [0.2, 0.25) is 5.91 Å². The Labute approximate surface area is 144 Å². The van der Waals surface area contributed by atoms with Gasteiger partial charge in [-0.05, 0) is 59.0 Å². The summed E-state index contributed by atoms with van der Waals surface area (Å²) < 4.78 is 11.4. The van der Waals surface area contributed by atoms with Crippen molar-refractivity contribution >= 4 is 5.91 Å². The van der Waals surface area contributed by atoms with Gasteiger partial charge in [-0.1, -0.05) is 0 Å². The van der Waals surface area contributed by atoms with Crippen molar-refractivity contribution in [1.82, 2.24) is 10.2 Å². The van der Waals surface area contributed by atoms with E-state index in [4.69, 9.17) is 9.47 Å². The van der Waals surface area contributed by atoms with Crippen LogP contribution in [0.25, 0.3) is 0 Å². The lowest BCUT2D eigenvalue weighted by Gasteiger charge is -2.39. The number of nitrogens with one attached hydrogen (secondary N) is 1. The SMILES string of the molecule is COc1ccc2c(c1)OC(C)(C)CC2NC(=O)C1CCN(C)CC1. The maximum Gasteiger partial charge on any atom is 0.223 e. The summed E-state index contributed by atoms with van der Waals surface area (Å²) in [6.07, 6.45) is 2.64. The zero-order valence-corrected chi connectivity index (χ0v) is 15.1. The maximum atomic E-state index is 12.7. The molecule has 0 aromatic heterocycles. The van der Waals surface area contributed by atoms with E-state index in [1.54, 1.807) is 7.11 Å². The van der Waals surface area contributed by atoms with Gasteiger partial charge in [0.05, 0.1) is 13.2 Å². The van der Waals surface area contributed by atoms with E-state index in [1.165, 1.54) is 0 Å². The smallest absolute Gasteiger partial charge is 0.223 e. The number of hydrogen-bond donors (Lipinski definition) is 1. The molecule has 132 valence electrons. The molecule has 2 aliphatic heterocycles. The molecule has 2 heterocycles. The molecule has 1 aromatic carbocycles. The van der Waals surface area contributed by atoms with E-state index in [0.29, 0.717) is 0 Å². The minimum absolute atomic E-state index is 0.0122. The van der Waals surface area contributed by atoms with Crippen LogP contribution >= 0.6 is 0 Å². The number of carbonyl (C=O) groups excluding carboxylic acids is 1. The van der Waals surface area contributed by atoms with Crippen molar-refractivity contribution in [1.29, 1.82) is 0 Å². The molecule has 5 heteroatoms. The van der Waals surface area contributed by atoms with E-state index < -0.39 is 0 Å². The molecule has 1 fully saturated rings. The Hall–Kier alpha value is -1.75. The fourth-order valence-electron chi connectivity index (χ4n) is 3.65. The lowest BCUT2D eigenvalue weighted by Crippen LogP contribution is -2.44. The Morgan fingerprint density at radius 2 is 2.04 bits per heavy atom. The molecule has 5 nitrogen and oxygen atoms in total. The summed E-state index contributed by atoms with van der Waals surface area (Å²) in [5.41, 5.74) is 0.723. The molecular formula is C19H28N2O3. The molecule has 1 N–H and O–H groups in total. The van der Waals surface area contributed by atoms with Crippen molar-refractivity contribution in [3.05, 3.63) is 23.8 Å². The Bertz CT molecular complexity index is 607. The second-order valence-corrected chi connectivity index (χ2v) is 7.61. The number of amides is 1. The van der Waals surface area contributed by atoms with Gasteiger partial charge in [-0.3, -0.25) is 4.79 Å². The highest BCUT2D eigenvalue weighted by atomic mass is 16.5. The van der Waals surface area contributed by atoms with Crippen LogP contribution in [0, 0.1) is 5.92 Å².